The standard InChI is InChI=1S/C18H19N5O6/c24-7-10-13(26)14(27)17(29-10)23-8-19-12-15(23)21-18(22-16(12)28)20-11(25)6-9-4-2-1-3-5-9/h1-5,8,10,12-14,17,24,26-27H,6-7H2,(H,20,22,25,28)/t10-,12?,13-,14-,17-/m1/s1. The number of amides is 2. The number of hydrogen-bond acceptors (Lipinski definition) is 9. The summed E-state index contributed by atoms with van der Waals surface area (Å²) < 4.78 is 5.46. The van der Waals surface area contributed by atoms with Gasteiger partial charge in [-0.15, -0.1) is 0 Å². The maximum atomic E-state index is 12.3. The number of ether oxygens (including phenoxy) is 1. The van der Waals surface area contributed by atoms with E-state index in [9.17, 15) is 24.9 Å². The van der Waals surface area contributed by atoms with E-state index in [1.54, 1.807) is 12.1 Å². The highest BCUT2D eigenvalue weighted by Gasteiger charge is 2.49. The number of aliphatic hydroxyl groups excluding tert-OH is 3. The van der Waals surface area contributed by atoms with Gasteiger partial charge in [-0.3, -0.25) is 24.8 Å². The molecule has 1 unspecified atom stereocenters. The van der Waals surface area contributed by atoms with E-state index in [2.05, 4.69) is 20.3 Å². The Kier molecular flexibility index (Phi) is 5.20. The largest absolute Gasteiger partial charge is 0.394 e. The number of aliphatic hydroxyl groups is 3. The highest BCUT2D eigenvalue weighted by Crippen LogP contribution is 2.27. The highest BCUT2D eigenvalue weighted by atomic mass is 16.6. The number of aliphatic imine (C=N–C) groups is 3. The van der Waals surface area contributed by atoms with Crippen LogP contribution in [0.2, 0.25) is 0 Å². The van der Waals surface area contributed by atoms with E-state index >= 15 is 0 Å². The normalized spacial score (nSPS) is 30.8. The van der Waals surface area contributed by atoms with Crippen LogP contribution in [-0.2, 0) is 20.7 Å². The van der Waals surface area contributed by atoms with Crippen molar-refractivity contribution in [2.45, 2.75) is 37.0 Å². The summed E-state index contributed by atoms with van der Waals surface area (Å²) >= 11 is 0. The third-order valence-electron chi connectivity index (χ3n) is 4.77. The Bertz CT molecular complexity index is 901. The molecule has 0 aliphatic carbocycles. The maximum absolute atomic E-state index is 12.3. The van der Waals surface area contributed by atoms with Crippen molar-refractivity contribution in [2.24, 2.45) is 15.0 Å². The van der Waals surface area contributed by atoms with Crippen molar-refractivity contribution in [1.82, 2.24) is 10.2 Å². The van der Waals surface area contributed by atoms with Gasteiger partial charge in [0.15, 0.2) is 18.1 Å². The van der Waals surface area contributed by atoms with Crippen LogP contribution >= 0.6 is 0 Å². The molecule has 0 spiro atoms. The molecule has 29 heavy (non-hydrogen) atoms. The van der Waals surface area contributed by atoms with Crippen LogP contribution in [0, 0.1) is 0 Å². The molecular formula is C18H19N5O6. The summed E-state index contributed by atoms with van der Waals surface area (Å²) in [7, 11) is 0. The van der Waals surface area contributed by atoms with Gasteiger partial charge in [-0.25, -0.2) is 0 Å². The molecule has 11 nitrogen and oxygen atoms in total. The molecule has 5 atom stereocenters. The molecule has 0 aromatic heterocycles. The summed E-state index contributed by atoms with van der Waals surface area (Å²) in [6.45, 7) is -0.489. The zero-order valence-corrected chi connectivity index (χ0v) is 15.1. The zero-order chi connectivity index (χ0) is 20.5. The molecule has 0 radical (unpaired) electrons. The highest BCUT2D eigenvalue weighted by molar-refractivity contribution is 6.23. The van der Waals surface area contributed by atoms with Gasteiger partial charge in [-0.05, 0) is 5.56 Å². The van der Waals surface area contributed by atoms with Crippen molar-refractivity contribution >= 4 is 29.9 Å². The monoisotopic (exact) mass is 401 g/mol. The van der Waals surface area contributed by atoms with E-state index in [1.807, 2.05) is 18.2 Å². The Hall–Kier alpha value is -2.99. The van der Waals surface area contributed by atoms with Crippen LogP contribution in [0.25, 0.3) is 0 Å². The fourth-order valence-electron chi connectivity index (χ4n) is 3.31. The lowest BCUT2D eigenvalue weighted by atomic mass is 10.1. The summed E-state index contributed by atoms with van der Waals surface area (Å²) in [5, 5.41) is 31.9. The predicted molar refractivity (Wildman–Crippen MR) is 100 cm³/mol. The topological polar surface area (TPSA) is 156 Å². The molecule has 1 fully saturated rings. The Balaban J connectivity index is 1.50. The van der Waals surface area contributed by atoms with Gasteiger partial charge in [0.25, 0.3) is 5.91 Å². The molecule has 0 saturated carbocycles. The summed E-state index contributed by atoms with van der Waals surface area (Å²) in [6, 6.07) is 8.02. The average molecular weight is 401 g/mol. The second-order valence-electron chi connectivity index (χ2n) is 6.76. The lowest BCUT2D eigenvalue weighted by molar-refractivity contribution is -0.119. The van der Waals surface area contributed by atoms with Gasteiger partial charge in [0.1, 0.15) is 18.3 Å². The predicted octanol–water partition coefficient (Wildman–Crippen LogP) is -2.21. The first-order valence-electron chi connectivity index (χ1n) is 8.97. The molecule has 2 amide bonds. The molecule has 1 aromatic carbocycles. The Labute approximate surface area is 165 Å². The Morgan fingerprint density at radius 2 is 1.93 bits per heavy atom. The van der Waals surface area contributed by atoms with E-state index < -0.39 is 49.0 Å². The number of amidine groups is 1. The van der Waals surface area contributed by atoms with E-state index in [1.165, 1.54) is 11.2 Å². The number of hydrogen-bond donors (Lipinski definition) is 4. The van der Waals surface area contributed by atoms with Gasteiger partial charge in [-0.1, -0.05) is 30.3 Å². The van der Waals surface area contributed by atoms with E-state index in [0.29, 0.717) is 0 Å². The molecule has 3 heterocycles. The second kappa shape index (κ2) is 7.79. The third-order valence-corrected chi connectivity index (χ3v) is 4.77. The Morgan fingerprint density at radius 3 is 2.62 bits per heavy atom. The van der Waals surface area contributed by atoms with Crippen molar-refractivity contribution in [3.63, 3.8) is 0 Å². The number of carbonyl (C=O) groups excluding carboxylic acids is 2. The second-order valence-corrected chi connectivity index (χ2v) is 6.76. The van der Waals surface area contributed by atoms with Gasteiger partial charge in [0.2, 0.25) is 11.9 Å². The van der Waals surface area contributed by atoms with Crippen LogP contribution in [0.3, 0.4) is 0 Å². The van der Waals surface area contributed by atoms with E-state index in [4.69, 9.17) is 4.74 Å². The van der Waals surface area contributed by atoms with Crippen molar-refractivity contribution in [3.05, 3.63) is 35.9 Å². The van der Waals surface area contributed by atoms with Gasteiger partial charge in [0.05, 0.1) is 19.4 Å². The number of rotatable bonds is 4. The first-order chi connectivity index (χ1) is 14.0. The lowest BCUT2D eigenvalue weighted by Crippen LogP contribution is -2.50. The summed E-state index contributed by atoms with van der Waals surface area (Å²) in [4.78, 5) is 37.8. The minimum Gasteiger partial charge on any atom is -0.394 e. The van der Waals surface area contributed by atoms with Crippen molar-refractivity contribution < 1.29 is 29.6 Å². The van der Waals surface area contributed by atoms with Crippen molar-refractivity contribution in [3.8, 4) is 0 Å². The van der Waals surface area contributed by atoms with Gasteiger partial charge >= 0.3 is 0 Å². The van der Waals surface area contributed by atoms with Gasteiger partial charge < -0.3 is 20.1 Å². The molecule has 3 aliphatic heterocycles. The van der Waals surface area contributed by atoms with Crippen LogP contribution in [0.15, 0.2) is 45.3 Å². The molecule has 3 aliphatic rings. The number of nitrogens with zero attached hydrogens (tertiary/aromatic N) is 4. The molecule has 0 bridgehead atoms. The third kappa shape index (κ3) is 3.68. The first-order valence-corrected chi connectivity index (χ1v) is 8.97. The molecule has 152 valence electrons. The Morgan fingerprint density at radius 1 is 1.17 bits per heavy atom. The number of carbonyl (C=O) groups is 2. The average Bonchev–Trinajstić information content (AvgIpc) is 3.24. The van der Waals surface area contributed by atoms with Crippen LogP contribution in [0.5, 0.6) is 0 Å². The van der Waals surface area contributed by atoms with Crippen molar-refractivity contribution in [1.29, 1.82) is 0 Å². The molecule has 1 saturated heterocycles. The van der Waals surface area contributed by atoms with Crippen LogP contribution in [0.1, 0.15) is 5.56 Å². The van der Waals surface area contributed by atoms with Crippen LogP contribution in [0.4, 0.5) is 0 Å². The quantitative estimate of drug-likeness (QED) is 0.446. The molecule has 4 N–H and O–H groups in total. The van der Waals surface area contributed by atoms with Gasteiger partial charge in [0, 0.05) is 0 Å². The molecule has 4 rings (SSSR count). The smallest absolute Gasteiger partial charge is 0.281 e. The molecular weight excluding hydrogens is 382 g/mol. The summed E-state index contributed by atoms with van der Waals surface area (Å²) in [5.41, 5.74) is 0.788. The van der Waals surface area contributed by atoms with Crippen molar-refractivity contribution in [2.75, 3.05) is 6.61 Å². The number of fused-ring (bicyclic) bond motifs is 1. The molecule has 11 heteroatoms. The summed E-state index contributed by atoms with van der Waals surface area (Å²) in [5.74, 6) is -1.11. The van der Waals surface area contributed by atoms with E-state index in [-0.39, 0.29) is 18.2 Å². The number of guanidine groups is 1. The van der Waals surface area contributed by atoms with Crippen LogP contribution in [-0.4, -0.2) is 87.4 Å². The zero-order valence-electron chi connectivity index (χ0n) is 15.1. The van der Waals surface area contributed by atoms with E-state index in [0.717, 1.165) is 5.56 Å². The summed E-state index contributed by atoms with van der Waals surface area (Å²) in [6.07, 6.45) is -3.41. The van der Waals surface area contributed by atoms with Crippen LogP contribution < -0.4 is 5.32 Å². The first kappa shape index (κ1) is 19.3. The lowest BCUT2D eigenvalue weighted by Gasteiger charge is -2.27. The number of benzene rings is 1. The fourth-order valence-corrected chi connectivity index (χ4v) is 3.31. The minimum absolute atomic E-state index is 0.0807. The van der Waals surface area contributed by atoms with Gasteiger partial charge in [-0.2, -0.15) is 9.98 Å². The SMILES string of the molecule is O=C(Cc1ccccc1)NC1=NC(=O)C2N=CN([C@@H]3O[C@H](CO)[C@@H](O)[C@H]3O)C2=N1. The minimum atomic E-state index is -1.36. The fraction of sp³-hybridized carbons (Fsp3) is 0.389. The molecule has 1 aromatic rings. The number of nitrogens with one attached hydrogen (secondary N) is 1. The maximum Gasteiger partial charge on any atom is 0.281 e.